The molecule has 2 aromatic carbocycles. The third kappa shape index (κ3) is 3.01. The van der Waals surface area contributed by atoms with Crippen LogP contribution < -0.4 is 5.32 Å². The van der Waals surface area contributed by atoms with E-state index in [9.17, 15) is 9.90 Å². The smallest absolute Gasteiger partial charge is 0.255 e. The van der Waals surface area contributed by atoms with Crippen LogP contribution in [-0.2, 0) is 0 Å². The second kappa shape index (κ2) is 5.39. The lowest BCUT2D eigenvalue weighted by atomic mass is 10.1. The van der Waals surface area contributed by atoms with Crippen LogP contribution in [-0.4, -0.2) is 11.0 Å². The molecule has 0 unspecified atom stereocenters. The Morgan fingerprint density at radius 3 is 2.67 bits per heavy atom. The molecule has 0 heterocycles. The molecule has 0 radical (unpaired) electrons. The van der Waals surface area contributed by atoms with Gasteiger partial charge in [-0.05, 0) is 65.4 Å². The highest BCUT2D eigenvalue weighted by molar-refractivity contribution is 14.1. The van der Waals surface area contributed by atoms with Gasteiger partial charge >= 0.3 is 0 Å². The number of halogens is 1. The maximum Gasteiger partial charge on any atom is 0.255 e. The molecule has 0 spiro atoms. The maximum atomic E-state index is 12.0. The molecule has 92 valence electrons. The predicted molar refractivity (Wildman–Crippen MR) is 80.0 cm³/mol. The minimum Gasteiger partial charge on any atom is -0.508 e. The van der Waals surface area contributed by atoms with Crippen LogP contribution in [0.1, 0.15) is 15.9 Å². The topological polar surface area (TPSA) is 49.3 Å². The summed E-state index contributed by atoms with van der Waals surface area (Å²) in [6.07, 6.45) is 0. The standard InChI is InChI=1S/C14H12INO2/c1-9-5-6-10(7-13(9)17)14(18)16-12-4-2-3-11(15)8-12/h2-8,17H,1H3,(H,16,18). The summed E-state index contributed by atoms with van der Waals surface area (Å²) in [5.74, 6) is -0.0995. The predicted octanol–water partition coefficient (Wildman–Crippen LogP) is 3.56. The van der Waals surface area contributed by atoms with E-state index in [1.165, 1.54) is 6.07 Å². The van der Waals surface area contributed by atoms with Crippen molar-refractivity contribution in [3.05, 3.63) is 57.2 Å². The SMILES string of the molecule is Cc1ccc(C(=O)Nc2cccc(I)c2)cc1O. The molecular weight excluding hydrogens is 341 g/mol. The summed E-state index contributed by atoms with van der Waals surface area (Å²) in [5.41, 5.74) is 1.93. The van der Waals surface area contributed by atoms with Gasteiger partial charge in [0.2, 0.25) is 0 Å². The Kier molecular flexibility index (Phi) is 3.86. The molecule has 0 aromatic heterocycles. The van der Waals surface area contributed by atoms with Gasteiger partial charge in [0.05, 0.1) is 0 Å². The number of nitrogens with one attached hydrogen (secondary N) is 1. The lowest BCUT2D eigenvalue weighted by Gasteiger charge is -2.07. The molecule has 0 bridgehead atoms. The Labute approximate surface area is 119 Å². The summed E-state index contributed by atoms with van der Waals surface area (Å²) in [4.78, 5) is 12.0. The molecular formula is C14H12INO2. The number of benzene rings is 2. The van der Waals surface area contributed by atoms with Crippen LogP contribution >= 0.6 is 22.6 Å². The van der Waals surface area contributed by atoms with Crippen LogP contribution in [0.2, 0.25) is 0 Å². The van der Waals surface area contributed by atoms with Crippen LogP contribution in [0.4, 0.5) is 5.69 Å². The lowest BCUT2D eigenvalue weighted by molar-refractivity contribution is 0.102. The van der Waals surface area contributed by atoms with Gasteiger partial charge in [-0.2, -0.15) is 0 Å². The van der Waals surface area contributed by atoms with Crippen LogP contribution in [0, 0.1) is 10.5 Å². The summed E-state index contributed by atoms with van der Waals surface area (Å²) in [6.45, 7) is 1.79. The molecule has 0 aliphatic rings. The number of aryl methyl sites for hydroxylation is 1. The average molecular weight is 353 g/mol. The zero-order valence-corrected chi connectivity index (χ0v) is 11.9. The zero-order valence-electron chi connectivity index (χ0n) is 9.77. The molecule has 2 rings (SSSR count). The van der Waals surface area contributed by atoms with Crippen molar-refractivity contribution in [2.75, 3.05) is 5.32 Å². The van der Waals surface area contributed by atoms with E-state index in [4.69, 9.17) is 0 Å². The fraction of sp³-hybridized carbons (Fsp3) is 0.0714. The van der Waals surface area contributed by atoms with E-state index >= 15 is 0 Å². The third-order valence-corrected chi connectivity index (χ3v) is 3.22. The Bertz CT molecular complexity index is 596. The number of hydrogen-bond acceptors (Lipinski definition) is 2. The molecule has 2 aromatic rings. The third-order valence-electron chi connectivity index (χ3n) is 2.55. The van der Waals surface area contributed by atoms with E-state index in [1.54, 1.807) is 19.1 Å². The number of phenolic OH excluding ortho intramolecular Hbond substituents is 1. The second-order valence-corrected chi connectivity index (χ2v) is 5.21. The second-order valence-electron chi connectivity index (χ2n) is 3.97. The highest BCUT2D eigenvalue weighted by Crippen LogP contribution is 2.19. The van der Waals surface area contributed by atoms with Crippen molar-refractivity contribution >= 4 is 34.2 Å². The largest absolute Gasteiger partial charge is 0.508 e. The summed E-state index contributed by atoms with van der Waals surface area (Å²) < 4.78 is 1.05. The molecule has 4 heteroatoms. The molecule has 0 aliphatic carbocycles. The molecule has 18 heavy (non-hydrogen) atoms. The van der Waals surface area contributed by atoms with E-state index in [0.29, 0.717) is 5.56 Å². The van der Waals surface area contributed by atoms with E-state index in [-0.39, 0.29) is 11.7 Å². The zero-order chi connectivity index (χ0) is 13.1. The van der Waals surface area contributed by atoms with E-state index in [1.807, 2.05) is 24.3 Å². The molecule has 2 N–H and O–H groups in total. The van der Waals surface area contributed by atoms with E-state index in [0.717, 1.165) is 14.8 Å². The molecule has 3 nitrogen and oxygen atoms in total. The van der Waals surface area contributed by atoms with Gasteiger partial charge in [-0.3, -0.25) is 4.79 Å². The van der Waals surface area contributed by atoms with E-state index < -0.39 is 0 Å². The Morgan fingerprint density at radius 1 is 1.22 bits per heavy atom. The fourth-order valence-electron chi connectivity index (χ4n) is 1.52. The molecule has 0 saturated carbocycles. The maximum absolute atomic E-state index is 12.0. The number of carbonyl (C=O) groups excluding carboxylic acids is 1. The number of aromatic hydroxyl groups is 1. The number of carbonyl (C=O) groups is 1. The molecule has 0 atom stereocenters. The first-order valence-electron chi connectivity index (χ1n) is 5.43. The van der Waals surface area contributed by atoms with Gasteiger partial charge in [-0.25, -0.2) is 0 Å². The minimum absolute atomic E-state index is 0.130. The van der Waals surface area contributed by atoms with Crippen molar-refractivity contribution in [2.24, 2.45) is 0 Å². The first-order chi connectivity index (χ1) is 8.56. The average Bonchev–Trinajstić information content (AvgIpc) is 2.32. The van der Waals surface area contributed by atoms with Crippen molar-refractivity contribution in [2.45, 2.75) is 6.92 Å². The Hall–Kier alpha value is -1.56. The molecule has 1 amide bonds. The van der Waals surface area contributed by atoms with Gasteiger partial charge < -0.3 is 10.4 Å². The van der Waals surface area contributed by atoms with Crippen LogP contribution in [0.25, 0.3) is 0 Å². The van der Waals surface area contributed by atoms with Gasteiger partial charge in [0.25, 0.3) is 5.91 Å². The van der Waals surface area contributed by atoms with Crippen LogP contribution in [0.15, 0.2) is 42.5 Å². The van der Waals surface area contributed by atoms with Gasteiger partial charge in [0.15, 0.2) is 0 Å². The number of amides is 1. The molecule has 0 saturated heterocycles. The summed E-state index contributed by atoms with van der Waals surface area (Å²) in [5, 5.41) is 12.4. The molecule has 0 aliphatic heterocycles. The summed E-state index contributed by atoms with van der Waals surface area (Å²) >= 11 is 2.19. The van der Waals surface area contributed by atoms with Crippen LogP contribution in [0.5, 0.6) is 5.75 Å². The number of hydrogen-bond donors (Lipinski definition) is 2. The normalized spacial score (nSPS) is 10.1. The first-order valence-corrected chi connectivity index (χ1v) is 6.50. The molecule has 0 fully saturated rings. The van der Waals surface area contributed by atoms with Crippen molar-refractivity contribution in [3.8, 4) is 5.75 Å². The Balaban J connectivity index is 2.19. The van der Waals surface area contributed by atoms with Crippen molar-refractivity contribution in [1.82, 2.24) is 0 Å². The van der Waals surface area contributed by atoms with Gasteiger partial charge in [-0.1, -0.05) is 12.1 Å². The highest BCUT2D eigenvalue weighted by Gasteiger charge is 2.08. The first kappa shape index (κ1) is 12.9. The number of anilines is 1. The van der Waals surface area contributed by atoms with Gasteiger partial charge in [0.1, 0.15) is 5.75 Å². The monoisotopic (exact) mass is 353 g/mol. The van der Waals surface area contributed by atoms with E-state index in [2.05, 4.69) is 27.9 Å². The van der Waals surface area contributed by atoms with Crippen molar-refractivity contribution in [1.29, 1.82) is 0 Å². The summed E-state index contributed by atoms with van der Waals surface area (Å²) in [7, 11) is 0. The summed E-state index contributed by atoms with van der Waals surface area (Å²) in [6, 6.07) is 12.4. The fourth-order valence-corrected chi connectivity index (χ4v) is 2.06. The lowest BCUT2D eigenvalue weighted by Crippen LogP contribution is -2.11. The van der Waals surface area contributed by atoms with Gasteiger partial charge in [-0.15, -0.1) is 0 Å². The number of phenols is 1. The highest BCUT2D eigenvalue weighted by atomic mass is 127. The number of rotatable bonds is 2. The minimum atomic E-state index is -0.229. The van der Waals surface area contributed by atoms with Crippen molar-refractivity contribution < 1.29 is 9.90 Å². The van der Waals surface area contributed by atoms with Crippen molar-refractivity contribution in [3.63, 3.8) is 0 Å². The van der Waals surface area contributed by atoms with Crippen LogP contribution in [0.3, 0.4) is 0 Å². The van der Waals surface area contributed by atoms with Gasteiger partial charge in [0, 0.05) is 14.8 Å². The Morgan fingerprint density at radius 2 is 2.00 bits per heavy atom. The quantitative estimate of drug-likeness (QED) is 0.812.